The van der Waals surface area contributed by atoms with E-state index < -0.39 is 0 Å². The minimum atomic E-state index is -0.203. The van der Waals surface area contributed by atoms with Crippen LogP contribution < -0.4 is 9.64 Å². The summed E-state index contributed by atoms with van der Waals surface area (Å²) >= 11 is 0. The van der Waals surface area contributed by atoms with Crippen molar-refractivity contribution in [2.45, 2.75) is 19.3 Å². The van der Waals surface area contributed by atoms with Gasteiger partial charge in [0.05, 0.1) is 28.1 Å². The van der Waals surface area contributed by atoms with Gasteiger partial charge in [0, 0.05) is 21.9 Å². The third kappa shape index (κ3) is 3.11. The van der Waals surface area contributed by atoms with Gasteiger partial charge in [-0.3, -0.25) is 0 Å². The molecule has 6 aromatic carbocycles. The second-order valence-electron chi connectivity index (χ2n) is 11.8. The van der Waals surface area contributed by atoms with Crippen molar-refractivity contribution in [3.8, 4) is 28.3 Å². The fourth-order valence-corrected chi connectivity index (χ4v) is 7.12. The highest BCUT2D eigenvalue weighted by Crippen LogP contribution is 2.60. The van der Waals surface area contributed by atoms with Gasteiger partial charge in [-0.1, -0.05) is 92.7 Å². The summed E-state index contributed by atoms with van der Waals surface area (Å²) in [4.78, 5) is 2.39. The average Bonchev–Trinajstić information content (AvgIpc) is 3.37. The Kier molecular flexibility index (Phi) is 4.67. The molecule has 1 aromatic heterocycles. The van der Waals surface area contributed by atoms with Crippen molar-refractivity contribution in [2.75, 3.05) is 4.90 Å². The molecule has 0 atom stereocenters. The number of rotatable bonds is 2. The van der Waals surface area contributed by atoms with Gasteiger partial charge in [-0.2, -0.15) is 0 Å². The Labute approximate surface area is 244 Å². The summed E-state index contributed by atoms with van der Waals surface area (Å²) in [5, 5.41) is 2.51. The molecule has 0 saturated heterocycles. The van der Waals surface area contributed by atoms with E-state index in [1.54, 1.807) is 0 Å². The van der Waals surface area contributed by atoms with Gasteiger partial charge in [-0.15, -0.1) is 0 Å². The van der Waals surface area contributed by atoms with Crippen molar-refractivity contribution in [3.05, 3.63) is 145 Å². The van der Waals surface area contributed by atoms with Crippen LogP contribution in [0.25, 0.3) is 38.6 Å². The topological polar surface area (TPSA) is 17.4 Å². The summed E-state index contributed by atoms with van der Waals surface area (Å²) in [6.07, 6.45) is 0. The molecule has 9 rings (SSSR count). The van der Waals surface area contributed by atoms with Crippen LogP contribution in [0, 0.1) is 0 Å². The van der Waals surface area contributed by atoms with E-state index in [1.807, 2.05) is 6.07 Å². The number of fused-ring (bicyclic) bond motifs is 7. The van der Waals surface area contributed by atoms with Crippen LogP contribution in [0.15, 0.2) is 133 Å². The molecule has 0 radical (unpaired) electrons. The van der Waals surface area contributed by atoms with Gasteiger partial charge in [0.2, 0.25) is 0 Å². The maximum atomic E-state index is 6.68. The molecule has 0 spiro atoms. The summed E-state index contributed by atoms with van der Waals surface area (Å²) in [6.45, 7) is 4.67. The van der Waals surface area contributed by atoms with Crippen LogP contribution in [0.4, 0.5) is 17.1 Å². The third-order valence-electron chi connectivity index (χ3n) is 9.14. The summed E-state index contributed by atoms with van der Waals surface area (Å²) < 4.78 is 9.06. The van der Waals surface area contributed by atoms with Crippen LogP contribution in [0.3, 0.4) is 0 Å². The fourth-order valence-electron chi connectivity index (χ4n) is 7.12. The lowest BCUT2D eigenvalue weighted by Gasteiger charge is -2.45. The predicted octanol–water partition coefficient (Wildman–Crippen LogP) is 10.7. The molecule has 0 bridgehead atoms. The van der Waals surface area contributed by atoms with Crippen LogP contribution in [-0.4, -0.2) is 4.57 Å². The van der Waals surface area contributed by atoms with Gasteiger partial charge in [-0.25, -0.2) is 0 Å². The van der Waals surface area contributed by atoms with E-state index in [-0.39, 0.29) is 5.41 Å². The van der Waals surface area contributed by atoms with Crippen LogP contribution in [-0.2, 0) is 5.41 Å². The minimum absolute atomic E-state index is 0.203. The van der Waals surface area contributed by atoms with Crippen molar-refractivity contribution in [1.29, 1.82) is 0 Å². The Morgan fingerprint density at radius 3 is 2.12 bits per heavy atom. The summed E-state index contributed by atoms with van der Waals surface area (Å²) in [5.41, 5.74) is 11.7. The van der Waals surface area contributed by atoms with Crippen molar-refractivity contribution in [3.63, 3.8) is 0 Å². The monoisotopic (exact) mass is 540 g/mol. The normalized spacial score (nSPS) is 14.3. The van der Waals surface area contributed by atoms with Crippen LogP contribution in [0.1, 0.15) is 25.0 Å². The lowest BCUT2D eigenvalue weighted by atomic mass is 9.72. The van der Waals surface area contributed by atoms with Gasteiger partial charge in [0.25, 0.3) is 0 Å². The van der Waals surface area contributed by atoms with Crippen molar-refractivity contribution >= 4 is 38.9 Å². The largest absolute Gasteiger partial charge is 0.453 e. The molecule has 2 aliphatic heterocycles. The lowest BCUT2D eigenvalue weighted by Crippen LogP contribution is -2.32. The molecule has 200 valence electrons. The van der Waals surface area contributed by atoms with E-state index in [0.717, 1.165) is 34.1 Å². The third-order valence-corrected chi connectivity index (χ3v) is 9.14. The quantitative estimate of drug-likeness (QED) is 0.217. The fraction of sp³-hybridized carbons (Fsp3) is 0.0769. The Morgan fingerprint density at radius 2 is 1.24 bits per heavy atom. The zero-order valence-electron chi connectivity index (χ0n) is 23.5. The van der Waals surface area contributed by atoms with Gasteiger partial charge >= 0.3 is 0 Å². The molecular weight excluding hydrogens is 512 g/mol. The molecule has 0 amide bonds. The molecule has 0 unspecified atom stereocenters. The number of para-hydroxylation sites is 5. The number of hydrogen-bond acceptors (Lipinski definition) is 2. The molecule has 0 N–H and O–H groups in total. The number of anilines is 3. The molecule has 0 aliphatic carbocycles. The molecular formula is C39H28N2O. The first kappa shape index (κ1) is 23.4. The standard InChI is InChI=1S/C39H28N2O/c1-39(2)30-15-7-9-17-33(30)41-34-18-10-11-19-36(34)42-37-24-26(22-31(39)38(37)41)25-20-21-29-28-14-6-8-16-32(28)40(35(29)23-25)27-12-4-3-5-13-27/h3-24H,1-2H3. The summed E-state index contributed by atoms with van der Waals surface area (Å²) in [5.74, 6) is 1.77. The molecule has 0 fully saturated rings. The van der Waals surface area contributed by atoms with Crippen molar-refractivity contribution in [2.24, 2.45) is 0 Å². The van der Waals surface area contributed by atoms with E-state index in [4.69, 9.17) is 4.74 Å². The number of benzene rings is 6. The Morgan fingerprint density at radius 1 is 0.524 bits per heavy atom. The molecule has 0 saturated carbocycles. The SMILES string of the molecule is CC1(C)c2ccccc2N2c3ccccc3Oc3cc(-c4ccc5c6ccccc6n(-c6ccccc6)c5c4)cc1c32. The zero-order valence-corrected chi connectivity index (χ0v) is 23.5. The van der Waals surface area contributed by atoms with E-state index >= 15 is 0 Å². The lowest BCUT2D eigenvalue weighted by molar-refractivity contribution is 0.471. The van der Waals surface area contributed by atoms with Crippen LogP contribution in [0.5, 0.6) is 11.5 Å². The molecule has 42 heavy (non-hydrogen) atoms. The molecule has 7 aromatic rings. The maximum Gasteiger partial charge on any atom is 0.152 e. The second-order valence-corrected chi connectivity index (χ2v) is 11.8. The maximum absolute atomic E-state index is 6.68. The molecule has 2 aliphatic rings. The number of ether oxygens (including phenoxy) is 1. The molecule has 3 nitrogen and oxygen atoms in total. The van der Waals surface area contributed by atoms with Crippen molar-refractivity contribution < 1.29 is 4.74 Å². The number of nitrogens with zero attached hydrogens (tertiary/aromatic N) is 2. The number of aromatic nitrogens is 1. The molecule has 3 heterocycles. The highest BCUT2D eigenvalue weighted by atomic mass is 16.5. The van der Waals surface area contributed by atoms with Crippen LogP contribution >= 0.6 is 0 Å². The van der Waals surface area contributed by atoms with Gasteiger partial charge in [0.1, 0.15) is 0 Å². The van der Waals surface area contributed by atoms with Crippen molar-refractivity contribution in [1.82, 2.24) is 4.57 Å². The van der Waals surface area contributed by atoms with Gasteiger partial charge in [0.15, 0.2) is 11.5 Å². The summed E-state index contributed by atoms with van der Waals surface area (Å²) in [7, 11) is 0. The van der Waals surface area contributed by atoms with E-state index in [0.29, 0.717) is 0 Å². The second kappa shape index (κ2) is 8.37. The van der Waals surface area contributed by atoms with Gasteiger partial charge < -0.3 is 14.2 Å². The first-order chi connectivity index (χ1) is 20.6. The van der Waals surface area contributed by atoms with Crippen LogP contribution in [0.2, 0.25) is 0 Å². The highest BCUT2D eigenvalue weighted by molar-refractivity contribution is 6.10. The summed E-state index contributed by atoms with van der Waals surface area (Å²) in [6, 6.07) is 48.0. The highest BCUT2D eigenvalue weighted by Gasteiger charge is 2.41. The first-order valence-corrected chi connectivity index (χ1v) is 14.5. The minimum Gasteiger partial charge on any atom is -0.453 e. The number of hydrogen-bond donors (Lipinski definition) is 0. The Bertz CT molecular complexity index is 2210. The zero-order chi connectivity index (χ0) is 28.0. The average molecular weight is 541 g/mol. The van der Waals surface area contributed by atoms with E-state index in [9.17, 15) is 0 Å². The molecule has 3 heteroatoms. The van der Waals surface area contributed by atoms with E-state index in [2.05, 4.69) is 151 Å². The predicted molar refractivity (Wildman–Crippen MR) is 173 cm³/mol. The Balaban J connectivity index is 1.31. The van der Waals surface area contributed by atoms with E-state index in [1.165, 1.54) is 44.2 Å². The first-order valence-electron chi connectivity index (χ1n) is 14.5. The Hall–Kier alpha value is -5.28. The smallest absolute Gasteiger partial charge is 0.152 e. The van der Waals surface area contributed by atoms with Gasteiger partial charge in [-0.05, 0) is 76.9 Å².